The zero-order valence-electron chi connectivity index (χ0n) is 8.93. The predicted octanol–water partition coefficient (Wildman–Crippen LogP) is 3.71. The monoisotopic (exact) mass is 166 g/mol. The fourth-order valence-corrected chi connectivity index (χ4v) is 3.80. The van der Waals surface area contributed by atoms with Crippen molar-refractivity contribution in [2.45, 2.75) is 47.0 Å². The summed E-state index contributed by atoms with van der Waals surface area (Å²) in [4.78, 5) is 0. The molecule has 3 aliphatic rings. The van der Waals surface area contributed by atoms with Gasteiger partial charge in [-0.25, -0.2) is 0 Å². The molecule has 2 bridgehead atoms. The SMILES string of the molecule is CC[C@@H]1C[C@@H]2C[C@H]([C@H]1C)C2(C)C. The summed E-state index contributed by atoms with van der Waals surface area (Å²) in [5.41, 5.74) is 0.686. The fourth-order valence-electron chi connectivity index (χ4n) is 3.80. The normalized spacial score (nSPS) is 50.0. The van der Waals surface area contributed by atoms with Crippen molar-refractivity contribution in [2.24, 2.45) is 29.1 Å². The van der Waals surface area contributed by atoms with Crippen LogP contribution < -0.4 is 0 Å². The standard InChI is InChI=1S/C12H22/c1-5-9-6-10-7-11(8(9)2)12(10,3)4/h8-11H,5-7H2,1-4H3/t8-,9+,10+,11+/m0/s1. The molecule has 0 heteroatoms. The first-order chi connectivity index (χ1) is 5.57. The van der Waals surface area contributed by atoms with Gasteiger partial charge in [0.15, 0.2) is 0 Å². The lowest BCUT2D eigenvalue weighted by molar-refractivity contribution is -0.129. The van der Waals surface area contributed by atoms with Crippen molar-refractivity contribution in [1.82, 2.24) is 0 Å². The van der Waals surface area contributed by atoms with E-state index in [1.165, 1.54) is 19.3 Å². The molecule has 0 aliphatic heterocycles. The van der Waals surface area contributed by atoms with Crippen molar-refractivity contribution in [3.05, 3.63) is 0 Å². The van der Waals surface area contributed by atoms with Crippen LogP contribution in [0.2, 0.25) is 0 Å². The van der Waals surface area contributed by atoms with E-state index in [2.05, 4.69) is 27.7 Å². The van der Waals surface area contributed by atoms with E-state index >= 15 is 0 Å². The maximum atomic E-state index is 2.48. The van der Waals surface area contributed by atoms with Gasteiger partial charge in [-0.1, -0.05) is 34.1 Å². The highest BCUT2D eigenvalue weighted by atomic mass is 14.6. The highest BCUT2D eigenvalue weighted by Crippen LogP contribution is 2.63. The molecular formula is C12H22. The first-order valence-electron chi connectivity index (χ1n) is 5.57. The molecule has 0 radical (unpaired) electrons. The van der Waals surface area contributed by atoms with E-state index in [1.54, 1.807) is 0 Å². The second-order valence-corrected chi connectivity index (χ2v) is 5.62. The molecule has 0 aromatic carbocycles. The molecule has 0 aromatic rings. The van der Waals surface area contributed by atoms with Gasteiger partial charge in [-0.3, -0.25) is 0 Å². The van der Waals surface area contributed by atoms with Crippen LogP contribution in [0.15, 0.2) is 0 Å². The first-order valence-corrected chi connectivity index (χ1v) is 5.57. The summed E-state index contributed by atoms with van der Waals surface area (Å²) < 4.78 is 0. The number of fused-ring (bicyclic) bond motifs is 2. The van der Waals surface area contributed by atoms with Crippen LogP contribution in [0.1, 0.15) is 47.0 Å². The molecule has 0 saturated heterocycles. The third kappa shape index (κ3) is 0.900. The smallest absolute Gasteiger partial charge is 0.0295 e. The van der Waals surface area contributed by atoms with Gasteiger partial charge in [-0.2, -0.15) is 0 Å². The van der Waals surface area contributed by atoms with Gasteiger partial charge in [0, 0.05) is 0 Å². The third-order valence-corrected chi connectivity index (χ3v) is 5.04. The van der Waals surface area contributed by atoms with Gasteiger partial charge in [0.05, 0.1) is 0 Å². The molecule has 0 unspecified atom stereocenters. The molecule has 0 aromatic heterocycles. The molecular weight excluding hydrogens is 144 g/mol. The molecule has 0 amide bonds. The van der Waals surface area contributed by atoms with Crippen LogP contribution in [-0.2, 0) is 0 Å². The summed E-state index contributed by atoms with van der Waals surface area (Å²) in [6, 6.07) is 0. The van der Waals surface area contributed by atoms with Crippen LogP contribution in [0, 0.1) is 29.1 Å². The molecule has 70 valence electrons. The Morgan fingerprint density at radius 1 is 1.25 bits per heavy atom. The van der Waals surface area contributed by atoms with Crippen LogP contribution in [0.4, 0.5) is 0 Å². The summed E-state index contributed by atoms with van der Waals surface area (Å²) >= 11 is 0. The van der Waals surface area contributed by atoms with Crippen molar-refractivity contribution in [3.63, 3.8) is 0 Å². The van der Waals surface area contributed by atoms with Gasteiger partial charge in [0.1, 0.15) is 0 Å². The highest BCUT2D eigenvalue weighted by Gasteiger charge is 2.55. The number of hydrogen-bond donors (Lipinski definition) is 0. The maximum Gasteiger partial charge on any atom is -0.0295 e. The van der Waals surface area contributed by atoms with Crippen LogP contribution >= 0.6 is 0 Å². The second-order valence-electron chi connectivity index (χ2n) is 5.62. The van der Waals surface area contributed by atoms with Crippen molar-refractivity contribution >= 4 is 0 Å². The second kappa shape index (κ2) is 2.49. The van der Waals surface area contributed by atoms with Crippen LogP contribution in [-0.4, -0.2) is 0 Å². The molecule has 12 heavy (non-hydrogen) atoms. The summed E-state index contributed by atoms with van der Waals surface area (Å²) in [5, 5.41) is 0. The third-order valence-electron chi connectivity index (χ3n) is 5.04. The van der Waals surface area contributed by atoms with Gasteiger partial charge < -0.3 is 0 Å². The quantitative estimate of drug-likeness (QED) is 0.557. The topological polar surface area (TPSA) is 0 Å². The van der Waals surface area contributed by atoms with E-state index in [-0.39, 0.29) is 0 Å². The average molecular weight is 166 g/mol. The van der Waals surface area contributed by atoms with Gasteiger partial charge in [-0.15, -0.1) is 0 Å². The summed E-state index contributed by atoms with van der Waals surface area (Å²) in [7, 11) is 0. The average Bonchev–Trinajstić information content (AvgIpc) is 2.03. The van der Waals surface area contributed by atoms with E-state index in [0.717, 1.165) is 23.7 Å². The largest absolute Gasteiger partial charge is 0.0651 e. The van der Waals surface area contributed by atoms with E-state index in [4.69, 9.17) is 0 Å². The Labute approximate surface area is 76.7 Å². The summed E-state index contributed by atoms with van der Waals surface area (Å²) in [6.45, 7) is 9.80. The van der Waals surface area contributed by atoms with Crippen molar-refractivity contribution < 1.29 is 0 Å². The Morgan fingerprint density at radius 3 is 2.33 bits per heavy atom. The van der Waals surface area contributed by atoms with E-state index < -0.39 is 0 Å². The van der Waals surface area contributed by atoms with Gasteiger partial charge in [0.25, 0.3) is 0 Å². The van der Waals surface area contributed by atoms with Gasteiger partial charge >= 0.3 is 0 Å². The molecule has 0 N–H and O–H groups in total. The molecule has 0 nitrogen and oxygen atoms in total. The van der Waals surface area contributed by atoms with Crippen molar-refractivity contribution in [3.8, 4) is 0 Å². The molecule has 3 rings (SSSR count). The molecule has 0 heterocycles. The van der Waals surface area contributed by atoms with Crippen molar-refractivity contribution in [2.75, 3.05) is 0 Å². The molecule has 3 fully saturated rings. The molecule has 4 atom stereocenters. The minimum Gasteiger partial charge on any atom is -0.0651 e. The van der Waals surface area contributed by atoms with Gasteiger partial charge in [-0.05, 0) is 41.9 Å². The lowest BCUT2D eigenvalue weighted by Gasteiger charge is -2.62. The van der Waals surface area contributed by atoms with E-state index in [9.17, 15) is 0 Å². The minimum atomic E-state index is 0.686. The summed E-state index contributed by atoms with van der Waals surface area (Å²) in [5.74, 6) is 4.14. The Hall–Kier alpha value is 0. The first kappa shape index (κ1) is 8.59. The summed E-state index contributed by atoms with van der Waals surface area (Å²) in [6.07, 6.45) is 4.45. The zero-order chi connectivity index (χ0) is 8.93. The number of rotatable bonds is 1. The van der Waals surface area contributed by atoms with Crippen molar-refractivity contribution in [1.29, 1.82) is 0 Å². The fraction of sp³-hybridized carbons (Fsp3) is 1.00. The predicted molar refractivity (Wildman–Crippen MR) is 52.9 cm³/mol. The molecule has 0 spiro atoms. The lowest BCUT2D eigenvalue weighted by Crippen LogP contribution is -2.54. The van der Waals surface area contributed by atoms with Gasteiger partial charge in [0.2, 0.25) is 0 Å². The Kier molecular flexibility index (Phi) is 1.79. The minimum absolute atomic E-state index is 0.686. The van der Waals surface area contributed by atoms with Crippen LogP contribution in [0.3, 0.4) is 0 Å². The van der Waals surface area contributed by atoms with E-state index in [1.807, 2.05) is 0 Å². The highest BCUT2D eigenvalue weighted by molar-refractivity contribution is 5.04. The zero-order valence-corrected chi connectivity index (χ0v) is 8.93. The molecule has 3 saturated carbocycles. The lowest BCUT2D eigenvalue weighted by atomic mass is 9.43. The van der Waals surface area contributed by atoms with Crippen LogP contribution in [0.25, 0.3) is 0 Å². The number of hydrogen-bond acceptors (Lipinski definition) is 0. The van der Waals surface area contributed by atoms with Crippen LogP contribution in [0.5, 0.6) is 0 Å². The molecule has 3 aliphatic carbocycles. The maximum absolute atomic E-state index is 2.48. The Bertz CT molecular complexity index is 180. The van der Waals surface area contributed by atoms with E-state index in [0.29, 0.717) is 5.41 Å². The Balaban J connectivity index is 2.11. The Morgan fingerprint density at radius 2 is 1.92 bits per heavy atom.